The highest BCUT2D eigenvalue weighted by Crippen LogP contribution is 2.26. The Bertz CT molecular complexity index is 662. The van der Waals surface area contributed by atoms with Crippen LogP contribution in [0.5, 0.6) is 0 Å². The molecule has 3 aromatic rings. The van der Waals surface area contributed by atoms with Gasteiger partial charge in [-0.2, -0.15) is 0 Å². The summed E-state index contributed by atoms with van der Waals surface area (Å²) >= 11 is 3.15. The van der Waals surface area contributed by atoms with Gasteiger partial charge in [0.05, 0.1) is 4.47 Å². The minimum Gasteiger partial charge on any atom is -0.289 e. The number of nitrogens with zero attached hydrogens (tertiary/aromatic N) is 3. The van der Waals surface area contributed by atoms with Crippen LogP contribution in [0.4, 0.5) is 4.39 Å². The van der Waals surface area contributed by atoms with Crippen molar-refractivity contribution in [3.63, 3.8) is 0 Å². The zero-order valence-corrected chi connectivity index (χ0v) is 9.07. The van der Waals surface area contributed by atoms with Crippen LogP contribution in [-0.2, 0) is 0 Å². The summed E-state index contributed by atoms with van der Waals surface area (Å²) in [5.41, 5.74) is 0.666. The summed E-state index contributed by atoms with van der Waals surface area (Å²) < 4.78 is 15.9. The lowest BCUT2D eigenvalue weighted by molar-refractivity contribution is 0.633. The lowest BCUT2D eigenvalue weighted by atomic mass is 10.1. The van der Waals surface area contributed by atoms with E-state index in [2.05, 4.69) is 26.1 Å². The third-order valence-corrected chi connectivity index (χ3v) is 2.96. The molecule has 2 aromatic heterocycles. The second-order valence-electron chi connectivity index (χ2n) is 3.20. The quantitative estimate of drug-likeness (QED) is 0.626. The first kappa shape index (κ1) is 8.79. The van der Waals surface area contributed by atoms with E-state index in [1.165, 1.54) is 0 Å². The van der Waals surface area contributed by atoms with Crippen LogP contribution in [0.25, 0.3) is 16.4 Å². The molecule has 3 nitrogen and oxygen atoms in total. The number of halogens is 2. The van der Waals surface area contributed by atoms with E-state index >= 15 is 0 Å². The van der Waals surface area contributed by atoms with Gasteiger partial charge in [-0.1, -0.05) is 0 Å². The Kier molecular flexibility index (Phi) is 1.76. The van der Waals surface area contributed by atoms with Crippen molar-refractivity contribution in [3.8, 4) is 0 Å². The van der Waals surface area contributed by atoms with Gasteiger partial charge in [-0.3, -0.25) is 4.40 Å². The number of aromatic nitrogens is 3. The first-order valence-corrected chi connectivity index (χ1v) is 5.13. The van der Waals surface area contributed by atoms with E-state index in [4.69, 9.17) is 0 Å². The molecule has 0 bridgehead atoms. The fourth-order valence-corrected chi connectivity index (χ4v) is 1.97. The van der Waals surface area contributed by atoms with Crippen LogP contribution >= 0.6 is 15.9 Å². The van der Waals surface area contributed by atoms with Crippen LogP contribution in [0.15, 0.2) is 35.2 Å². The van der Waals surface area contributed by atoms with Gasteiger partial charge in [0.25, 0.3) is 0 Å². The molecule has 0 aliphatic carbocycles. The summed E-state index contributed by atoms with van der Waals surface area (Å²) in [4.78, 5) is 0. The highest BCUT2D eigenvalue weighted by atomic mass is 79.9. The minimum atomic E-state index is -0.266. The van der Waals surface area contributed by atoms with Crippen molar-refractivity contribution >= 4 is 32.3 Å². The van der Waals surface area contributed by atoms with Crippen LogP contribution in [-0.4, -0.2) is 14.6 Å². The average Bonchev–Trinajstić information content (AvgIpc) is 2.71. The monoisotopic (exact) mass is 265 g/mol. The normalized spacial score (nSPS) is 11.3. The van der Waals surface area contributed by atoms with E-state index in [0.717, 1.165) is 5.39 Å². The van der Waals surface area contributed by atoms with Gasteiger partial charge < -0.3 is 0 Å². The van der Waals surface area contributed by atoms with Crippen LogP contribution in [0.1, 0.15) is 0 Å². The smallest absolute Gasteiger partial charge is 0.168 e. The van der Waals surface area contributed by atoms with Gasteiger partial charge in [0.2, 0.25) is 0 Å². The second-order valence-corrected chi connectivity index (χ2v) is 4.05. The van der Waals surface area contributed by atoms with E-state index in [-0.39, 0.29) is 5.82 Å². The van der Waals surface area contributed by atoms with Crippen molar-refractivity contribution in [2.75, 3.05) is 0 Å². The van der Waals surface area contributed by atoms with Crippen LogP contribution in [0.3, 0.4) is 0 Å². The van der Waals surface area contributed by atoms with Gasteiger partial charge in [0.15, 0.2) is 5.65 Å². The number of benzene rings is 1. The fourth-order valence-electron chi connectivity index (χ4n) is 1.62. The second kappa shape index (κ2) is 3.00. The predicted octanol–water partition coefficient (Wildman–Crippen LogP) is 2.78. The van der Waals surface area contributed by atoms with Crippen molar-refractivity contribution in [3.05, 3.63) is 41.0 Å². The number of hydrogen-bond donors (Lipinski definition) is 0. The van der Waals surface area contributed by atoms with Crippen molar-refractivity contribution in [1.82, 2.24) is 14.6 Å². The summed E-state index contributed by atoms with van der Waals surface area (Å²) in [6.45, 7) is 0. The molecule has 0 aliphatic heterocycles. The molecule has 0 N–H and O–H groups in total. The lowest BCUT2D eigenvalue weighted by Crippen LogP contribution is -1.88. The van der Waals surface area contributed by atoms with Crippen molar-refractivity contribution in [2.24, 2.45) is 0 Å². The molecule has 0 saturated heterocycles. The Morgan fingerprint density at radius 2 is 2.07 bits per heavy atom. The standard InChI is InChI=1S/C10H5BrFN3/c11-8-2-1-7-6(9(8)12)3-4-15-5-13-14-10(7)15/h1-5H. The summed E-state index contributed by atoms with van der Waals surface area (Å²) in [6, 6.07) is 5.21. The van der Waals surface area contributed by atoms with Crippen molar-refractivity contribution < 1.29 is 4.39 Å². The maximum Gasteiger partial charge on any atom is 0.168 e. The molecule has 0 unspecified atom stereocenters. The molecule has 0 saturated carbocycles. The Hall–Kier alpha value is -1.49. The van der Waals surface area contributed by atoms with E-state index < -0.39 is 0 Å². The largest absolute Gasteiger partial charge is 0.289 e. The zero-order valence-electron chi connectivity index (χ0n) is 7.48. The predicted molar refractivity (Wildman–Crippen MR) is 58.2 cm³/mol. The Labute approximate surface area is 92.7 Å². The van der Waals surface area contributed by atoms with E-state index in [0.29, 0.717) is 15.5 Å². The molecule has 1 aromatic carbocycles. The van der Waals surface area contributed by atoms with Crippen molar-refractivity contribution in [1.29, 1.82) is 0 Å². The van der Waals surface area contributed by atoms with Crippen LogP contribution < -0.4 is 0 Å². The maximum absolute atomic E-state index is 13.7. The molecule has 74 valence electrons. The van der Waals surface area contributed by atoms with Crippen LogP contribution in [0.2, 0.25) is 0 Å². The Morgan fingerprint density at radius 3 is 2.93 bits per heavy atom. The molecule has 0 radical (unpaired) electrons. The summed E-state index contributed by atoms with van der Waals surface area (Å²) in [5, 5.41) is 9.04. The molecule has 5 heteroatoms. The highest BCUT2D eigenvalue weighted by Gasteiger charge is 2.08. The minimum absolute atomic E-state index is 0.266. The van der Waals surface area contributed by atoms with Gasteiger partial charge in [0, 0.05) is 17.0 Å². The molecule has 0 spiro atoms. The number of pyridine rings is 1. The van der Waals surface area contributed by atoms with E-state index in [9.17, 15) is 4.39 Å². The van der Waals surface area contributed by atoms with E-state index in [1.807, 2.05) is 6.07 Å². The number of rotatable bonds is 0. The summed E-state index contributed by atoms with van der Waals surface area (Å²) in [7, 11) is 0. The molecule has 0 atom stereocenters. The van der Waals surface area contributed by atoms with Crippen molar-refractivity contribution in [2.45, 2.75) is 0 Å². The molecule has 2 heterocycles. The molecular weight excluding hydrogens is 261 g/mol. The maximum atomic E-state index is 13.7. The average molecular weight is 266 g/mol. The van der Waals surface area contributed by atoms with Crippen LogP contribution in [0, 0.1) is 5.82 Å². The van der Waals surface area contributed by atoms with Gasteiger partial charge in [-0.25, -0.2) is 4.39 Å². The topological polar surface area (TPSA) is 30.2 Å². The zero-order chi connectivity index (χ0) is 10.4. The highest BCUT2D eigenvalue weighted by molar-refractivity contribution is 9.10. The molecule has 3 rings (SSSR count). The first-order chi connectivity index (χ1) is 7.27. The first-order valence-electron chi connectivity index (χ1n) is 4.33. The van der Waals surface area contributed by atoms with Gasteiger partial charge >= 0.3 is 0 Å². The van der Waals surface area contributed by atoms with E-state index in [1.54, 1.807) is 29.1 Å². The molecule has 0 fully saturated rings. The summed E-state index contributed by atoms with van der Waals surface area (Å²) in [5.74, 6) is -0.266. The molecular formula is C10H5BrFN3. The molecule has 15 heavy (non-hydrogen) atoms. The molecule has 0 amide bonds. The van der Waals surface area contributed by atoms with Gasteiger partial charge in [-0.05, 0) is 34.1 Å². The third kappa shape index (κ3) is 1.16. The Balaban J connectivity index is 2.60. The van der Waals surface area contributed by atoms with Gasteiger partial charge in [0.1, 0.15) is 12.1 Å². The number of hydrogen-bond acceptors (Lipinski definition) is 2. The molecule has 0 aliphatic rings. The fraction of sp³-hybridized carbons (Fsp3) is 0. The lowest BCUT2D eigenvalue weighted by Gasteiger charge is -2.02. The van der Waals surface area contributed by atoms with Gasteiger partial charge in [-0.15, -0.1) is 10.2 Å². The summed E-state index contributed by atoms with van der Waals surface area (Å²) in [6.07, 6.45) is 3.34. The SMILES string of the molecule is Fc1c(Br)ccc2c1ccn1cnnc21. The third-order valence-electron chi connectivity index (χ3n) is 2.35. The Morgan fingerprint density at radius 1 is 1.20 bits per heavy atom. The number of fused-ring (bicyclic) bond motifs is 3.